The van der Waals surface area contributed by atoms with Crippen molar-refractivity contribution < 1.29 is 27.5 Å². The van der Waals surface area contributed by atoms with E-state index >= 15 is 0 Å². The molecule has 2 aromatic rings. The highest BCUT2D eigenvalue weighted by atomic mass is 19.4. The summed E-state index contributed by atoms with van der Waals surface area (Å²) < 4.78 is 53.1. The number of hydrogen-bond donors (Lipinski definition) is 1. The van der Waals surface area contributed by atoms with E-state index in [1.54, 1.807) is 6.07 Å². The maximum Gasteiger partial charge on any atom is 0.436 e. The fourth-order valence-electron chi connectivity index (χ4n) is 2.66. The summed E-state index contributed by atoms with van der Waals surface area (Å²) in [5, 5.41) is 12.6. The molecule has 1 aromatic heterocycles. The van der Waals surface area contributed by atoms with Crippen molar-refractivity contribution in [3.63, 3.8) is 0 Å². The van der Waals surface area contributed by atoms with Gasteiger partial charge in [0, 0.05) is 13.1 Å². The maximum absolute atomic E-state index is 13.2. The Bertz CT molecular complexity index is 770. The zero-order valence-corrected chi connectivity index (χ0v) is 11.6. The van der Waals surface area contributed by atoms with Gasteiger partial charge in [-0.25, -0.2) is 13.9 Å². The molecule has 1 aromatic carbocycles. The molecule has 0 atom stereocenters. The molecule has 0 spiro atoms. The van der Waals surface area contributed by atoms with Crippen LogP contribution in [0.25, 0.3) is 0 Å². The Hall–Kier alpha value is -2.58. The van der Waals surface area contributed by atoms with Crippen LogP contribution in [0.2, 0.25) is 0 Å². The predicted octanol–water partition coefficient (Wildman–Crippen LogP) is 2.76. The number of alkyl halides is 3. The smallest absolute Gasteiger partial charge is 0.436 e. The topological polar surface area (TPSA) is 58.4 Å². The van der Waals surface area contributed by atoms with E-state index in [0.717, 1.165) is 4.68 Å². The zero-order valence-electron chi connectivity index (χ0n) is 11.6. The molecule has 0 unspecified atom stereocenters. The number of aromatic carboxylic acids is 1. The minimum Gasteiger partial charge on any atom is -0.477 e. The Morgan fingerprint density at radius 2 is 2.04 bits per heavy atom. The average Bonchev–Trinajstić information content (AvgIpc) is 2.98. The van der Waals surface area contributed by atoms with Gasteiger partial charge in [0.25, 0.3) is 0 Å². The van der Waals surface area contributed by atoms with Crippen LogP contribution in [-0.4, -0.2) is 27.4 Å². The Morgan fingerprint density at radius 3 is 2.65 bits per heavy atom. The number of nitrogens with zero attached hydrogens (tertiary/aromatic N) is 3. The molecule has 3 rings (SSSR count). The Morgan fingerprint density at radius 1 is 1.30 bits per heavy atom. The second-order valence-electron chi connectivity index (χ2n) is 5.12. The quantitative estimate of drug-likeness (QED) is 0.880. The highest BCUT2D eigenvalue weighted by molar-refractivity contribution is 5.95. The lowest BCUT2D eigenvalue weighted by atomic mass is 10.2. The number of fused-ring (bicyclic) bond motifs is 1. The van der Waals surface area contributed by atoms with E-state index in [4.69, 9.17) is 0 Å². The Kier molecular flexibility index (Phi) is 3.50. The fraction of sp³-hybridized carbons (Fsp3) is 0.286. The van der Waals surface area contributed by atoms with Gasteiger partial charge >= 0.3 is 12.1 Å². The van der Waals surface area contributed by atoms with Gasteiger partial charge in [-0.15, -0.1) is 0 Å². The van der Waals surface area contributed by atoms with E-state index in [2.05, 4.69) is 5.10 Å². The third kappa shape index (κ3) is 2.73. The van der Waals surface area contributed by atoms with Crippen LogP contribution in [0.4, 0.5) is 23.4 Å². The van der Waals surface area contributed by atoms with Gasteiger partial charge in [-0.1, -0.05) is 12.1 Å². The molecule has 2 heterocycles. The summed E-state index contributed by atoms with van der Waals surface area (Å²) in [6, 6.07) is 5.61. The summed E-state index contributed by atoms with van der Waals surface area (Å²) in [5.74, 6) is -2.26. The molecule has 1 aliphatic heterocycles. The van der Waals surface area contributed by atoms with Gasteiger partial charge < -0.3 is 10.0 Å². The maximum atomic E-state index is 13.2. The van der Waals surface area contributed by atoms with Gasteiger partial charge in [0.15, 0.2) is 5.69 Å². The molecule has 0 radical (unpaired) electrons. The average molecular weight is 329 g/mol. The van der Waals surface area contributed by atoms with Gasteiger partial charge in [-0.3, -0.25) is 0 Å². The first-order chi connectivity index (χ1) is 10.8. The summed E-state index contributed by atoms with van der Waals surface area (Å²) in [4.78, 5) is 12.8. The van der Waals surface area contributed by atoms with E-state index in [9.17, 15) is 27.5 Å². The highest BCUT2D eigenvalue weighted by Gasteiger charge is 2.44. The molecule has 0 bridgehead atoms. The Balaban J connectivity index is 2.01. The number of carbonyl (C=O) groups is 1. The standard InChI is InChI=1S/C14H11F4N3O2/c15-9-3-1-2-8(6-9)7-20-4-5-21-12(20)10(13(22)23)11(19-21)14(16,17)18/h1-3,6H,4-5,7H2,(H,22,23). The van der Waals surface area contributed by atoms with Gasteiger partial charge in [0.1, 0.15) is 17.2 Å². The van der Waals surface area contributed by atoms with Crippen molar-refractivity contribution in [1.82, 2.24) is 9.78 Å². The summed E-state index contributed by atoms with van der Waals surface area (Å²) in [6.45, 7) is 0.541. The zero-order chi connectivity index (χ0) is 16.8. The van der Waals surface area contributed by atoms with E-state index in [-0.39, 0.29) is 18.9 Å². The number of rotatable bonds is 3. The van der Waals surface area contributed by atoms with Crippen molar-refractivity contribution in [1.29, 1.82) is 0 Å². The summed E-state index contributed by atoms with van der Waals surface area (Å²) in [5.41, 5.74) is -1.75. The van der Waals surface area contributed by atoms with Crippen molar-refractivity contribution in [3.8, 4) is 0 Å². The van der Waals surface area contributed by atoms with E-state index in [1.807, 2.05) is 0 Å². The molecule has 1 aliphatic rings. The minimum atomic E-state index is -4.85. The number of carboxylic acids is 1. The molecule has 122 valence electrons. The second kappa shape index (κ2) is 5.25. The molecule has 0 aliphatic carbocycles. The number of carboxylic acid groups (broad SMARTS) is 1. The van der Waals surface area contributed by atoms with Crippen LogP contribution in [0.3, 0.4) is 0 Å². The van der Waals surface area contributed by atoms with Crippen LogP contribution in [0.5, 0.6) is 0 Å². The summed E-state index contributed by atoms with van der Waals surface area (Å²) in [7, 11) is 0. The van der Waals surface area contributed by atoms with E-state index in [1.165, 1.54) is 23.1 Å². The van der Waals surface area contributed by atoms with Crippen molar-refractivity contribution in [2.75, 3.05) is 11.4 Å². The van der Waals surface area contributed by atoms with Crippen molar-refractivity contribution in [2.24, 2.45) is 0 Å². The van der Waals surface area contributed by atoms with Crippen LogP contribution in [0.1, 0.15) is 21.6 Å². The second-order valence-corrected chi connectivity index (χ2v) is 5.12. The predicted molar refractivity (Wildman–Crippen MR) is 71.6 cm³/mol. The van der Waals surface area contributed by atoms with Crippen molar-refractivity contribution in [2.45, 2.75) is 19.3 Å². The van der Waals surface area contributed by atoms with Gasteiger partial charge in [0.2, 0.25) is 0 Å². The summed E-state index contributed by atoms with van der Waals surface area (Å²) >= 11 is 0. The van der Waals surface area contributed by atoms with E-state index < -0.39 is 29.2 Å². The fourth-order valence-corrected chi connectivity index (χ4v) is 2.66. The Labute approximate surface area is 127 Å². The number of anilines is 1. The van der Waals surface area contributed by atoms with E-state index in [0.29, 0.717) is 12.1 Å². The van der Waals surface area contributed by atoms with Crippen LogP contribution >= 0.6 is 0 Å². The molecular weight excluding hydrogens is 318 g/mol. The van der Waals surface area contributed by atoms with Crippen LogP contribution in [-0.2, 0) is 19.3 Å². The largest absolute Gasteiger partial charge is 0.477 e. The lowest BCUT2D eigenvalue weighted by Gasteiger charge is -2.18. The lowest BCUT2D eigenvalue weighted by molar-refractivity contribution is -0.142. The molecule has 1 N–H and O–H groups in total. The van der Waals surface area contributed by atoms with Crippen molar-refractivity contribution in [3.05, 3.63) is 46.9 Å². The minimum absolute atomic E-state index is 0.0982. The third-order valence-electron chi connectivity index (χ3n) is 3.55. The number of benzene rings is 1. The molecular formula is C14H11F4N3O2. The first-order valence-corrected chi connectivity index (χ1v) is 6.68. The first-order valence-electron chi connectivity index (χ1n) is 6.68. The van der Waals surface area contributed by atoms with Crippen LogP contribution < -0.4 is 4.90 Å². The van der Waals surface area contributed by atoms with Gasteiger partial charge in [-0.2, -0.15) is 18.3 Å². The number of aromatic nitrogens is 2. The summed E-state index contributed by atoms with van der Waals surface area (Å²) in [6.07, 6.45) is -4.85. The molecule has 0 amide bonds. The molecule has 0 saturated heterocycles. The first kappa shape index (κ1) is 15.3. The van der Waals surface area contributed by atoms with Crippen LogP contribution in [0.15, 0.2) is 24.3 Å². The lowest BCUT2D eigenvalue weighted by Crippen LogP contribution is -2.23. The van der Waals surface area contributed by atoms with Crippen molar-refractivity contribution >= 4 is 11.8 Å². The van der Waals surface area contributed by atoms with Crippen LogP contribution in [0, 0.1) is 5.82 Å². The molecule has 0 fully saturated rings. The molecule has 0 saturated carbocycles. The SMILES string of the molecule is O=C(O)c1c(C(F)(F)F)nn2c1N(Cc1cccc(F)c1)CC2. The molecule has 5 nitrogen and oxygen atoms in total. The molecule has 9 heteroatoms. The van der Waals surface area contributed by atoms with Gasteiger partial charge in [-0.05, 0) is 17.7 Å². The third-order valence-corrected chi connectivity index (χ3v) is 3.55. The monoisotopic (exact) mass is 329 g/mol. The van der Waals surface area contributed by atoms with Gasteiger partial charge in [0.05, 0.1) is 6.54 Å². The number of halogens is 4. The normalized spacial score (nSPS) is 14.2. The molecule has 23 heavy (non-hydrogen) atoms. The highest BCUT2D eigenvalue weighted by Crippen LogP contribution is 2.38. The number of hydrogen-bond acceptors (Lipinski definition) is 3.